The van der Waals surface area contributed by atoms with Gasteiger partial charge < -0.3 is 4.74 Å². The van der Waals surface area contributed by atoms with E-state index in [1.165, 1.54) is 0 Å². The van der Waals surface area contributed by atoms with Gasteiger partial charge in [-0.15, -0.1) is 17.0 Å². The van der Waals surface area contributed by atoms with Crippen LogP contribution < -0.4 is 4.74 Å². The van der Waals surface area contributed by atoms with Crippen LogP contribution in [0.15, 0.2) is 29.2 Å². The molecule has 0 atom stereocenters. The van der Waals surface area contributed by atoms with Gasteiger partial charge in [0.2, 0.25) is 0 Å². The van der Waals surface area contributed by atoms with Crippen LogP contribution in [0.4, 0.5) is 0 Å². The molecule has 0 aliphatic carbocycles. The molecule has 0 amide bonds. The number of nitriles is 1. The molecule has 1 aromatic carbocycles. The van der Waals surface area contributed by atoms with Crippen molar-refractivity contribution in [2.75, 3.05) is 6.26 Å². The Morgan fingerprint density at radius 1 is 1.55 bits per heavy atom. The molecule has 0 aliphatic rings. The Bertz CT molecular complexity index is 280. The maximum Gasteiger partial charge on any atom is 0.292 e. The molecule has 56 valence electrons. The van der Waals surface area contributed by atoms with Crippen molar-refractivity contribution in [3.63, 3.8) is 0 Å². The molecule has 11 heavy (non-hydrogen) atoms. The van der Waals surface area contributed by atoms with Gasteiger partial charge in [0.1, 0.15) is 5.75 Å². The summed E-state index contributed by atoms with van der Waals surface area (Å²) in [6.07, 6.45) is 3.60. The highest BCUT2D eigenvalue weighted by molar-refractivity contribution is 7.98. The van der Waals surface area contributed by atoms with Crippen LogP contribution in [0.25, 0.3) is 0 Å². The normalized spacial score (nSPS) is 8.73. The Kier molecular flexibility index (Phi) is 2.82. The van der Waals surface area contributed by atoms with Crippen molar-refractivity contribution in [2.45, 2.75) is 4.90 Å². The zero-order valence-electron chi connectivity index (χ0n) is 6.07. The zero-order chi connectivity index (χ0) is 8.10. The van der Waals surface area contributed by atoms with Crippen LogP contribution in [0.5, 0.6) is 5.75 Å². The van der Waals surface area contributed by atoms with E-state index in [9.17, 15) is 0 Å². The van der Waals surface area contributed by atoms with E-state index in [1.807, 2.05) is 24.5 Å². The van der Waals surface area contributed by atoms with Crippen LogP contribution in [0, 0.1) is 11.5 Å². The molecule has 1 aromatic rings. The standard InChI is InChI=1S/C8H7NOS/c1-11-8-4-2-3-7(5-8)10-6-9/h2-5H,1H3. The summed E-state index contributed by atoms with van der Waals surface area (Å²) < 4.78 is 4.64. The summed E-state index contributed by atoms with van der Waals surface area (Å²) in [5.74, 6) is 0.597. The van der Waals surface area contributed by atoms with Crippen LogP contribution in [0.3, 0.4) is 0 Å². The van der Waals surface area contributed by atoms with Crippen molar-refractivity contribution in [1.82, 2.24) is 0 Å². The fourth-order valence-corrected chi connectivity index (χ4v) is 1.17. The molecule has 0 aromatic heterocycles. The molecule has 0 saturated heterocycles. The third kappa shape index (κ3) is 2.17. The molecule has 0 aliphatic heterocycles. The van der Waals surface area contributed by atoms with Gasteiger partial charge in [0.05, 0.1) is 0 Å². The van der Waals surface area contributed by atoms with Crippen LogP contribution >= 0.6 is 11.8 Å². The minimum absolute atomic E-state index is 0.597. The summed E-state index contributed by atoms with van der Waals surface area (Å²) in [4.78, 5) is 1.10. The van der Waals surface area contributed by atoms with Gasteiger partial charge in [0, 0.05) is 4.90 Å². The van der Waals surface area contributed by atoms with Crippen molar-refractivity contribution in [2.24, 2.45) is 0 Å². The number of benzene rings is 1. The van der Waals surface area contributed by atoms with Gasteiger partial charge in [-0.1, -0.05) is 6.07 Å². The van der Waals surface area contributed by atoms with E-state index in [0.29, 0.717) is 5.75 Å². The van der Waals surface area contributed by atoms with E-state index >= 15 is 0 Å². The highest BCUT2D eigenvalue weighted by Gasteiger charge is 1.93. The SMILES string of the molecule is CSc1cccc(OC#N)c1. The van der Waals surface area contributed by atoms with Crippen LogP contribution in [-0.2, 0) is 0 Å². The maximum atomic E-state index is 8.20. The summed E-state index contributed by atoms with van der Waals surface area (Å²) in [5.41, 5.74) is 0. The zero-order valence-corrected chi connectivity index (χ0v) is 6.89. The van der Waals surface area contributed by atoms with Gasteiger partial charge in [0.25, 0.3) is 6.26 Å². The van der Waals surface area contributed by atoms with Gasteiger partial charge in [-0.25, -0.2) is 0 Å². The van der Waals surface area contributed by atoms with Crippen molar-refractivity contribution in [1.29, 1.82) is 5.26 Å². The number of ether oxygens (including phenoxy) is 1. The number of nitrogens with zero attached hydrogens (tertiary/aromatic N) is 1. The topological polar surface area (TPSA) is 33.0 Å². The highest BCUT2D eigenvalue weighted by atomic mass is 32.2. The minimum atomic E-state index is 0.597. The Hall–Kier alpha value is -1.14. The Morgan fingerprint density at radius 2 is 2.36 bits per heavy atom. The molecule has 2 nitrogen and oxygen atoms in total. The van der Waals surface area contributed by atoms with Crippen LogP contribution in [-0.4, -0.2) is 6.26 Å². The molecule has 0 radical (unpaired) electrons. The lowest BCUT2D eigenvalue weighted by Gasteiger charge is -1.97. The molecular formula is C8H7NOS. The second-order valence-corrected chi connectivity index (χ2v) is 2.75. The third-order valence-electron chi connectivity index (χ3n) is 1.20. The lowest BCUT2D eigenvalue weighted by atomic mass is 10.3. The van der Waals surface area contributed by atoms with E-state index in [-0.39, 0.29) is 0 Å². The predicted molar refractivity (Wildman–Crippen MR) is 44.5 cm³/mol. The molecule has 0 spiro atoms. The third-order valence-corrected chi connectivity index (χ3v) is 1.93. The summed E-state index contributed by atoms with van der Waals surface area (Å²) in [7, 11) is 0. The van der Waals surface area contributed by atoms with Crippen molar-refractivity contribution in [3.8, 4) is 12.0 Å². The smallest absolute Gasteiger partial charge is 0.292 e. The molecule has 0 heterocycles. The van der Waals surface area contributed by atoms with E-state index < -0.39 is 0 Å². The Labute approximate surface area is 69.8 Å². The summed E-state index contributed by atoms with van der Waals surface area (Å²) >= 11 is 1.62. The number of hydrogen-bond donors (Lipinski definition) is 0. The van der Waals surface area contributed by atoms with Crippen molar-refractivity contribution >= 4 is 11.8 Å². The summed E-state index contributed by atoms with van der Waals surface area (Å²) in [5, 5.41) is 8.20. The first kappa shape index (κ1) is 7.96. The summed E-state index contributed by atoms with van der Waals surface area (Å²) in [6.45, 7) is 0. The first-order valence-electron chi connectivity index (χ1n) is 3.07. The van der Waals surface area contributed by atoms with E-state index in [2.05, 4.69) is 4.74 Å². The molecule has 0 unspecified atom stereocenters. The average Bonchev–Trinajstić information content (AvgIpc) is 2.06. The quantitative estimate of drug-likeness (QED) is 0.498. The van der Waals surface area contributed by atoms with Gasteiger partial charge >= 0.3 is 0 Å². The Morgan fingerprint density at radius 3 is 3.00 bits per heavy atom. The second kappa shape index (κ2) is 3.89. The Balaban J connectivity index is 2.84. The van der Waals surface area contributed by atoms with E-state index in [4.69, 9.17) is 5.26 Å². The van der Waals surface area contributed by atoms with Gasteiger partial charge in [-0.05, 0) is 24.5 Å². The summed E-state index contributed by atoms with van der Waals surface area (Å²) in [6, 6.07) is 7.41. The number of thioether (sulfide) groups is 1. The molecule has 0 saturated carbocycles. The second-order valence-electron chi connectivity index (χ2n) is 1.87. The first-order chi connectivity index (χ1) is 5.36. The maximum absolute atomic E-state index is 8.20. The lowest BCUT2D eigenvalue weighted by molar-refractivity contribution is 0.506. The van der Waals surface area contributed by atoms with Crippen molar-refractivity contribution in [3.05, 3.63) is 24.3 Å². The molecule has 0 fully saturated rings. The predicted octanol–water partition coefficient (Wildman–Crippen LogP) is 2.27. The van der Waals surface area contributed by atoms with Crippen LogP contribution in [0.2, 0.25) is 0 Å². The monoisotopic (exact) mass is 165 g/mol. The molecule has 0 N–H and O–H groups in total. The van der Waals surface area contributed by atoms with Gasteiger partial charge in [0.15, 0.2) is 0 Å². The average molecular weight is 165 g/mol. The molecule has 0 bridgehead atoms. The van der Waals surface area contributed by atoms with Crippen molar-refractivity contribution < 1.29 is 4.74 Å². The number of rotatable bonds is 2. The van der Waals surface area contributed by atoms with Crippen LogP contribution in [0.1, 0.15) is 0 Å². The number of hydrogen-bond acceptors (Lipinski definition) is 3. The minimum Gasteiger partial charge on any atom is -0.388 e. The fraction of sp³-hybridized carbons (Fsp3) is 0.125. The largest absolute Gasteiger partial charge is 0.388 e. The molecule has 1 rings (SSSR count). The lowest BCUT2D eigenvalue weighted by Crippen LogP contribution is -1.80. The van der Waals surface area contributed by atoms with E-state index in [1.54, 1.807) is 24.1 Å². The molecular weight excluding hydrogens is 158 g/mol. The molecule has 3 heteroatoms. The van der Waals surface area contributed by atoms with Gasteiger partial charge in [-0.2, -0.15) is 0 Å². The first-order valence-corrected chi connectivity index (χ1v) is 4.29. The highest BCUT2D eigenvalue weighted by Crippen LogP contribution is 2.20. The fourth-order valence-electron chi connectivity index (χ4n) is 0.717. The van der Waals surface area contributed by atoms with E-state index in [0.717, 1.165) is 4.90 Å². The van der Waals surface area contributed by atoms with Gasteiger partial charge in [-0.3, -0.25) is 0 Å².